The summed E-state index contributed by atoms with van der Waals surface area (Å²) in [5.74, 6) is 0.814. The monoisotopic (exact) mass is 287 g/mol. The Labute approximate surface area is 114 Å². The third kappa shape index (κ3) is 3.12. The van der Waals surface area contributed by atoms with Crippen molar-refractivity contribution in [1.82, 2.24) is 4.98 Å². The molecule has 0 aliphatic carbocycles. The first-order valence-corrected chi connectivity index (χ1v) is 6.63. The van der Waals surface area contributed by atoms with Crippen LogP contribution in [0, 0.1) is 13.8 Å². The molecule has 5 heteroatoms. The summed E-state index contributed by atoms with van der Waals surface area (Å²) in [5, 5.41) is 0.790. The molecule has 0 atom stereocenters. The SMILES string of the molecule is Cc1cc(OCc2cnc(Cl)s2)cc(C)c1Cl. The Morgan fingerprint density at radius 3 is 2.41 bits per heavy atom. The van der Waals surface area contributed by atoms with Crippen LogP contribution in [0.4, 0.5) is 0 Å². The molecular formula is C12H11Cl2NOS. The summed E-state index contributed by atoms with van der Waals surface area (Å²) in [7, 11) is 0. The highest BCUT2D eigenvalue weighted by molar-refractivity contribution is 7.15. The van der Waals surface area contributed by atoms with Crippen LogP contribution in [0.25, 0.3) is 0 Å². The van der Waals surface area contributed by atoms with E-state index in [1.807, 2.05) is 26.0 Å². The highest BCUT2D eigenvalue weighted by Gasteiger charge is 2.05. The van der Waals surface area contributed by atoms with Gasteiger partial charge >= 0.3 is 0 Å². The van der Waals surface area contributed by atoms with Crippen LogP contribution in [0.5, 0.6) is 5.75 Å². The molecule has 0 radical (unpaired) electrons. The molecule has 90 valence electrons. The third-order valence-electron chi connectivity index (χ3n) is 2.32. The Kier molecular flexibility index (Phi) is 3.92. The molecule has 0 amide bonds. The van der Waals surface area contributed by atoms with Crippen molar-refractivity contribution in [3.63, 3.8) is 0 Å². The van der Waals surface area contributed by atoms with Crippen molar-refractivity contribution in [3.05, 3.63) is 43.8 Å². The van der Waals surface area contributed by atoms with E-state index in [0.29, 0.717) is 11.1 Å². The van der Waals surface area contributed by atoms with Gasteiger partial charge < -0.3 is 4.74 Å². The minimum absolute atomic E-state index is 0.477. The van der Waals surface area contributed by atoms with Crippen molar-refractivity contribution >= 4 is 34.5 Å². The molecule has 0 bridgehead atoms. The predicted molar refractivity (Wildman–Crippen MR) is 72.4 cm³/mol. The molecule has 0 unspecified atom stereocenters. The molecule has 17 heavy (non-hydrogen) atoms. The molecule has 0 saturated carbocycles. The Hall–Kier alpha value is -0.770. The van der Waals surface area contributed by atoms with Gasteiger partial charge in [0, 0.05) is 11.2 Å². The van der Waals surface area contributed by atoms with Gasteiger partial charge in [-0.3, -0.25) is 0 Å². The Morgan fingerprint density at radius 2 is 1.88 bits per heavy atom. The molecule has 0 N–H and O–H groups in total. The lowest BCUT2D eigenvalue weighted by Crippen LogP contribution is -1.94. The number of halogens is 2. The van der Waals surface area contributed by atoms with Crippen LogP contribution >= 0.6 is 34.5 Å². The van der Waals surface area contributed by atoms with Gasteiger partial charge in [-0.05, 0) is 37.1 Å². The largest absolute Gasteiger partial charge is 0.488 e. The van der Waals surface area contributed by atoms with Gasteiger partial charge in [-0.1, -0.05) is 23.2 Å². The predicted octanol–water partition coefficient (Wildman–Crippen LogP) is 4.65. The fourth-order valence-corrected chi connectivity index (χ4v) is 2.49. The molecule has 1 aromatic carbocycles. The fourth-order valence-electron chi connectivity index (χ4n) is 1.49. The first kappa shape index (κ1) is 12.7. The van der Waals surface area contributed by atoms with E-state index in [0.717, 1.165) is 26.8 Å². The van der Waals surface area contributed by atoms with Gasteiger partial charge in [-0.25, -0.2) is 4.98 Å². The lowest BCUT2D eigenvalue weighted by molar-refractivity contribution is 0.309. The number of benzene rings is 1. The fraction of sp³-hybridized carbons (Fsp3) is 0.250. The average Bonchev–Trinajstić information content (AvgIpc) is 2.69. The Balaban J connectivity index is 2.09. The van der Waals surface area contributed by atoms with Gasteiger partial charge in [0.05, 0.1) is 4.88 Å². The van der Waals surface area contributed by atoms with E-state index >= 15 is 0 Å². The van der Waals surface area contributed by atoms with E-state index in [1.54, 1.807) is 6.20 Å². The number of aryl methyl sites for hydroxylation is 2. The minimum atomic E-state index is 0.477. The van der Waals surface area contributed by atoms with Crippen LogP contribution in [0.3, 0.4) is 0 Å². The van der Waals surface area contributed by atoms with E-state index in [2.05, 4.69) is 4.98 Å². The van der Waals surface area contributed by atoms with Gasteiger partial charge in [0.15, 0.2) is 4.47 Å². The van der Waals surface area contributed by atoms with E-state index in [4.69, 9.17) is 27.9 Å². The van der Waals surface area contributed by atoms with Crippen LogP contribution in [0.1, 0.15) is 16.0 Å². The lowest BCUT2D eigenvalue weighted by Gasteiger charge is -2.08. The molecule has 0 saturated heterocycles. The maximum atomic E-state index is 6.09. The van der Waals surface area contributed by atoms with Crippen molar-refractivity contribution in [2.75, 3.05) is 0 Å². The average molecular weight is 288 g/mol. The molecule has 0 aliphatic rings. The maximum absolute atomic E-state index is 6.09. The molecule has 0 spiro atoms. The van der Waals surface area contributed by atoms with Crippen molar-refractivity contribution in [2.24, 2.45) is 0 Å². The summed E-state index contributed by atoms with van der Waals surface area (Å²) in [4.78, 5) is 4.96. The number of ether oxygens (including phenoxy) is 1. The van der Waals surface area contributed by atoms with Crippen molar-refractivity contribution < 1.29 is 4.74 Å². The van der Waals surface area contributed by atoms with Gasteiger partial charge in [0.1, 0.15) is 12.4 Å². The second-order valence-corrected chi connectivity index (χ2v) is 5.81. The van der Waals surface area contributed by atoms with Crippen molar-refractivity contribution in [2.45, 2.75) is 20.5 Å². The number of aromatic nitrogens is 1. The number of hydrogen-bond acceptors (Lipinski definition) is 3. The summed E-state index contributed by atoms with van der Waals surface area (Å²) in [6.07, 6.45) is 1.72. The van der Waals surface area contributed by atoms with Gasteiger partial charge in [0.25, 0.3) is 0 Å². The van der Waals surface area contributed by atoms with Crippen LogP contribution in [-0.2, 0) is 6.61 Å². The highest BCUT2D eigenvalue weighted by Crippen LogP contribution is 2.27. The molecular weight excluding hydrogens is 277 g/mol. The summed E-state index contributed by atoms with van der Waals surface area (Å²) in [6, 6.07) is 3.86. The Bertz CT molecular complexity index is 516. The number of hydrogen-bond donors (Lipinski definition) is 0. The van der Waals surface area contributed by atoms with Gasteiger partial charge in [0.2, 0.25) is 0 Å². The number of rotatable bonds is 3. The van der Waals surface area contributed by atoms with Crippen molar-refractivity contribution in [3.8, 4) is 5.75 Å². The van der Waals surface area contributed by atoms with Gasteiger partial charge in [-0.15, -0.1) is 11.3 Å². The minimum Gasteiger partial charge on any atom is -0.488 e. The first-order valence-electron chi connectivity index (χ1n) is 5.06. The second kappa shape index (κ2) is 5.25. The number of nitrogens with zero attached hydrogens (tertiary/aromatic N) is 1. The zero-order valence-electron chi connectivity index (χ0n) is 9.46. The normalized spacial score (nSPS) is 10.6. The molecule has 2 aromatic rings. The molecule has 2 nitrogen and oxygen atoms in total. The molecule has 1 heterocycles. The smallest absolute Gasteiger partial charge is 0.183 e. The number of thiazole rings is 1. The van der Waals surface area contributed by atoms with E-state index in [1.165, 1.54) is 11.3 Å². The quantitative estimate of drug-likeness (QED) is 0.820. The summed E-state index contributed by atoms with van der Waals surface area (Å²) >= 11 is 13.3. The second-order valence-electron chi connectivity index (χ2n) is 3.74. The van der Waals surface area contributed by atoms with E-state index in [9.17, 15) is 0 Å². The van der Waals surface area contributed by atoms with Crippen LogP contribution in [0.2, 0.25) is 9.49 Å². The van der Waals surface area contributed by atoms with Crippen LogP contribution < -0.4 is 4.74 Å². The zero-order chi connectivity index (χ0) is 12.4. The molecule has 1 aromatic heterocycles. The topological polar surface area (TPSA) is 22.1 Å². The first-order chi connectivity index (χ1) is 8.06. The van der Waals surface area contributed by atoms with E-state index in [-0.39, 0.29) is 0 Å². The molecule has 0 fully saturated rings. The highest BCUT2D eigenvalue weighted by atomic mass is 35.5. The van der Waals surface area contributed by atoms with Gasteiger partial charge in [-0.2, -0.15) is 0 Å². The van der Waals surface area contributed by atoms with Crippen molar-refractivity contribution in [1.29, 1.82) is 0 Å². The summed E-state index contributed by atoms with van der Waals surface area (Å²) in [6.45, 7) is 4.41. The standard InChI is InChI=1S/C12H11Cl2NOS/c1-7-3-9(4-8(2)11(7)13)16-6-10-5-15-12(14)17-10/h3-5H,6H2,1-2H3. The van der Waals surface area contributed by atoms with E-state index < -0.39 is 0 Å². The molecule has 2 rings (SSSR count). The van der Waals surface area contributed by atoms with Crippen LogP contribution in [0.15, 0.2) is 18.3 Å². The summed E-state index contributed by atoms with van der Waals surface area (Å²) < 4.78 is 6.21. The Morgan fingerprint density at radius 1 is 1.24 bits per heavy atom. The molecule has 0 aliphatic heterocycles. The lowest BCUT2D eigenvalue weighted by atomic mass is 10.1. The van der Waals surface area contributed by atoms with Crippen LogP contribution in [-0.4, -0.2) is 4.98 Å². The maximum Gasteiger partial charge on any atom is 0.183 e. The summed E-state index contributed by atoms with van der Waals surface area (Å²) in [5.41, 5.74) is 2.04. The third-order valence-corrected chi connectivity index (χ3v) is 4.00. The zero-order valence-corrected chi connectivity index (χ0v) is 11.8.